The van der Waals surface area contributed by atoms with E-state index in [4.69, 9.17) is 17.0 Å². The molecule has 1 heterocycles. The number of carbonyl (C=O) groups is 1. The third-order valence-corrected chi connectivity index (χ3v) is 4.94. The van der Waals surface area contributed by atoms with Crippen molar-refractivity contribution in [1.82, 2.24) is 5.32 Å². The molecule has 1 aromatic rings. The van der Waals surface area contributed by atoms with Crippen molar-refractivity contribution < 1.29 is 9.53 Å². The molecule has 1 amide bonds. The summed E-state index contributed by atoms with van der Waals surface area (Å²) in [5.41, 5.74) is 1.95. The maximum atomic E-state index is 12.1. The van der Waals surface area contributed by atoms with E-state index in [0.717, 1.165) is 12.2 Å². The number of allylic oxidation sites excluding steroid dienone is 2. The number of hydrogen-bond acceptors (Lipinski definition) is 5. The monoisotopic (exact) mass is 383 g/mol. The van der Waals surface area contributed by atoms with Crippen LogP contribution < -0.4 is 10.6 Å². The van der Waals surface area contributed by atoms with E-state index in [-0.39, 0.29) is 17.7 Å². The summed E-state index contributed by atoms with van der Waals surface area (Å²) in [6.07, 6.45) is 6.95. The second kappa shape index (κ2) is 8.70. The molecule has 0 spiro atoms. The first-order valence-corrected chi connectivity index (χ1v) is 9.56. The number of anilines is 1. The van der Waals surface area contributed by atoms with Crippen molar-refractivity contribution in [2.75, 3.05) is 11.1 Å². The Morgan fingerprint density at radius 1 is 1.42 bits per heavy atom. The molecule has 2 unspecified atom stereocenters. The standard InChI is InChI=1S/C19H17N3O2S2/c20-11-14(18(23)21-15-4-2-1-3-5-15)12-26-9-8-13-6-7-17-16(10-13)22-19(25)24-17/h1-7,10,12,16-17H,8-9H2,(H,21,23)(H,22,25). The Balaban J connectivity index is 1.49. The molecule has 1 aliphatic carbocycles. The van der Waals surface area contributed by atoms with Crippen molar-refractivity contribution in [3.63, 3.8) is 0 Å². The number of amides is 1. The third-order valence-electron chi connectivity index (χ3n) is 3.88. The molecule has 0 saturated carbocycles. The Kier molecular flexibility index (Phi) is 6.10. The van der Waals surface area contributed by atoms with Gasteiger partial charge in [-0.15, -0.1) is 11.8 Å². The molecular formula is C19H17N3O2S2. The van der Waals surface area contributed by atoms with Gasteiger partial charge in [-0.25, -0.2) is 0 Å². The minimum atomic E-state index is -0.397. The Morgan fingerprint density at radius 3 is 3.00 bits per heavy atom. The van der Waals surface area contributed by atoms with Crippen LogP contribution in [0.1, 0.15) is 6.42 Å². The van der Waals surface area contributed by atoms with Gasteiger partial charge in [-0.1, -0.05) is 30.4 Å². The van der Waals surface area contributed by atoms with E-state index < -0.39 is 5.91 Å². The molecule has 2 atom stereocenters. The van der Waals surface area contributed by atoms with E-state index in [2.05, 4.69) is 16.7 Å². The first-order chi connectivity index (χ1) is 12.7. The number of benzene rings is 1. The Labute approximate surface area is 161 Å². The maximum Gasteiger partial charge on any atom is 0.266 e. The van der Waals surface area contributed by atoms with Crippen molar-refractivity contribution in [1.29, 1.82) is 5.26 Å². The number of para-hydroxylation sites is 1. The molecule has 1 aliphatic heterocycles. The molecule has 1 aromatic carbocycles. The fourth-order valence-electron chi connectivity index (χ4n) is 2.59. The molecule has 5 nitrogen and oxygen atoms in total. The molecule has 132 valence electrons. The lowest BCUT2D eigenvalue weighted by molar-refractivity contribution is -0.112. The molecule has 0 radical (unpaired) electrons. The zero-order valence-corrected chi connectivity index (χ0v) is 15.5. The van der Waals surface area contributed by atoms with Crippen LogP contribution in [0.3, 0.4) is 0 Å². The zero-order chi connectivity index (χ0) is 18.4. The van der Waals surface area contributed by atoms with Crippen LogP contribution in [-0.4, -0.2) is 29.0 Å². The van der Waals surface area contributed by atoms with Gasteiger partial charge in [0, 0.05) is 11.4 Å². The maximum absolute atomic E-state index is 12.1. The van der Waals surface area contributed by atoms with E-state index in [0.29, 0.717) is 10.9 Å². The fraction of sp³-hybridized carbons (Fsp3) is 0.211. The minimum Gasteiger partial charge on any atom is -0.461 e. The molecule has 1 saturated heterocycles. The second-order valence-corrected chi connectivity index (χ2v) is 7.07. The van der Waals surface area contributed by atoms with E-state index >= 15 is 0 Å². The predicted molar refractivity (Wildman–Crippen MR) is 107 cm³/mol. The lowest BCUT2D eigenvalue weighted by Gasteiger charge is -2.16. The molecule has 0 bridgehead atoms. The van der Waals surface area contributed by atoms with Gasteiger partial charge < -0.3 is 15.4 Å². The van der Waals surface area contributed by atoms with Crippen LogP contribution in [0.25, 0.3) is 0 Å². The summed E-state index contributed by atoms with van der Waals surface area (Å²) < 4.78 is 5.45. The van der Waals surface area contributed by atoms with Gasteiger partial charge in [0.05, 0.1) is 6.04 Å². The number of carbonyl (C=O) groups excluding carboxylic acids is 1. The molecular weight excluding hydrogens is 366 g/mol. The number of nitriles is 1. The zero-order valence-electron chi connectivity index (χ0n) is 13.8. The highest BCUT2D eigenvalue weighted by Crippen LogP contribution is 2.22. The predicted octanol–water partition coefficient (Wildman–Crippen LogP) is 3.29. The Bertz CT molecular complexity index is 825. The smallest absolute Gasteiger partial charge is 0.266 e. The van der Waals surface area contributed by atoms with E-state index in [1.807, 2.05) is 36.4 Å². The summed E-state index contributed by atoms with van der Waals surface area (Å²) in [5.74, 6) is 0.370. The summed E-state index contributed by atoms with van der Waals surface area (Å²) in [4.78, 5) is 12.1. The van der Waals surface area contributed by atoms with Crippen molar-refractivity contribution in [2.45, 2.75) is 18.6 Å². The first-order valence-electron chi connectivity index (χ1n) is 8.10. The van der Waals surface area contributed by atoms with Crippen LogP contribution in [0.2, 0.25) is 0 Å². The number of rotatable bonds is 6. The Morgan fingerprint density at radius 2 is 2.23 bits per heavy atom. The lowest BCUT2D eigenvalue weighted by atomic mass is 9.99. The van der Waals surface area contributed by atoms with E-state index in [1.54, 1.807) is 17.5 Å². The summed E-state index contributed by atoms with van der Waals surface area (Å²) in [7, 11) is 0. The highest BCUT2D eigenvalue weighted by molar-refractivity contribution is 8.02. The van der Waals surface area contributed by atoms with Gasteiger partial charge in [-0.05, 0) is 47.8 Å². The quantitative estimate of drug-likeness (QED) is 0.340. The highest BCUT2D eigenvalue weighted by Gasteiger charge is 2.30. The largest absolute Gasteiger partial charge is 0.461 e. The summed E-state index contributed by atoms with van der Waals surface area (Å²) in [5, 5.41) is 17.1. The number of thioether (sulfide) groups is 1. The first kappa shape index (κ1) is 18.2. The van der Waals surface area contributed by atoms with Gasteiger partial charge in [-0.3, -0.25) is 4.79 Å². The van der Waals surface area contributed by atoms with Crippen LogP contribution in [0.4, 0.5) is 5.69 Å². The van der Waals surface area contributed by atoms with E-state index in [9.17, 15) is 10.1 Å². The molecule has 2 N–H and O–H groups in total. The van der Waals surface area contributed by atoms with Gasteiger partial charge >= 0.3 is 0 Å². The topological polar surface area (TPSA) is 74.1 Å². The van der Waals surface area contributed by atoms with Crippen molar-refractivity contribution in [2.24, 2.45) is 0 Å². The van der Waals surface area contributed by atoms with Crippen LogP contribution in [-0.2, 0) is 9.53 Å². The average Bonchev–Trinajstić information content (AvgIpc) is 3.01. The van der Waals surface area contributed by atoms with Crippen LogP contribution >= 0.6 is 24.0 Å². The molecule has 3 rings (SSSR count). The number of nitrogens with zero attached hydrogens (tertiary/aromatic N) is 1. The van der Waals surface area contributed by atoms with Gasteiger partial charge in [0.15, 0.2) is 0 Å². The van der Waals surface area contributed by atoms with Gasteiger partial charge in [0.25, 0.3) is 11.1 Å². The van der Waals surface area contributed by atoms with Crippen LogP contribution in [0.5, 0.6) is 0 Å². The van der Waals surface area contributed by atoms with Gasteiger partial charge in [-0.2, -0.15) is 5.26 Å². The average molecular weight is 383 g/mol. The second-order valence-electron chi connectivity index (χ2n) is 5.73. The fourth-order valence-corrected chi connectivity index (χ4v) is 3.63. The molecule has 1 fully saturated rings. The highest BCUT2D eigenvalue weighted by atomic mass is 32.2. The minimum absolute atomic E-state index is 0.0225. The molecule has 2 aliphatic rings. The van der Waals surface area contributed by atoms with Crippen molar-refractivity contribution >= 4 is 40.7 Å². The number of thiocarbonyl (C=S) groups is 1. The number of hydrogen-bond donors (Lipinski definition) is 2. The number of fused-ring (bicyclic) bond motifs is 1. The molecule has 26 heavy (non-hydrogen) atoms. The normalized spacial score (nSPS) is 21.1. The summed E-state index contributed by atoms with van der Waals surface area (Å²) in [6, 6.07) is 11.1. The number of nitrogens with one attached hydrogen (secondary N) is 2. The number of ether oxygens (including phenoxy) is 1. The van der Waals surface area contributed by atoms with E-state index in [1.165, 1.54) is 17.3 Å². The lowest BCUT2D eigenvalue weighted by Crippen LogP contribution is -2.30. The summed E-state index contributed by atoms with van der Waals surface area (Å²) in [6.45, 7) is 0. The van der Waals surface area contributed by atoms with Gasteiger partial charge in [0.2, 0.25) is 0 Å². The third kappa shape index (κ3) is 4.75. The summed E-state index contributed by atoms with van der Waals surface area (Å²) >= 11 is 6.46. The molecule has 0 aromatic heterocycles. The van der Waals surface area contributed by atoms with Crippen LogP contribution in [0, 0.1) is 11.3 Å². The van der Waals surface area contributed by atoms with Crippen molar-refractivity contribution in [3.8, 4) is 6.07 Å². The van der Waals surface area contributed by atoms with Gasteiger partial charge in [0.1, 0.15) is 17.7 Å². The molecule has 7 heteroatoms. The Hall–Kier alpha value is -2.56. The van der Waals surface area contributed by atoms with Crippen molar-refractivity contribution in [3.05, 3.63) is 65.1 Å². The van der Waals surface area contributed by atoms with Crippen LogP contribution in [0.15, 0.2) is 65.1 Å². The SMILES string of the molecule is N#CC(=CSCCC1=CC2NC(=S)OC2C=C1)C(=O)Nc1ccccc1.